The zero-order valence-electron chi connectivity index (χ0n) is 8.30. The van der Waals surface area contributed by atoms with Crippen LogP contribution in [0.4, 0.5) is 0 Å². The molecular weight excluding hydrogens is 156 g/mol. The predicted octanol–water partition coefficient (Wildman–Crippen LogP) is 3.11. The Labute approximate surface area is 85.1 Å². The van der Waals surface area contributed by atoms with Gasteiger partial charge in [-0.1, -0.05) is 56.7 Å². The van der Waals surface area contributed by atoms with Gasteiger partial charge in [0.25, 0.3) is 0 Å². The van der Waals surface area contributed by atoms with Gasteiger partial charge >= 0.3 is 20.4 Å². The van der Waals surface area contributed by atoms with Crippen molar-refractivity contribution in [3.8, 4) is 0 Å². The van der Waals surface area contributed by atoms with Crippen molar-refractivity contribution in [2.45, 2.75) is 28.9 Å². The Morgan fingerprint density at radius 2 is 1.67 bits per heavy atom. The third kappa shape index (κ3) is 4.12. The zero-order chi connectivity index (χ0) is 9.03. The fourth-order valence-electron chi connectivity index (χ4n) is 1.16. The van der Waals surface area contributed by atoms with Crippen LogP contribution in [0.3, 0.4) is 0 Å². The third-order valence-corrected chi connectivity index (χ3v) is 4.33. The highest BCUT2D eigenvalue weighted by Gasteiger charge is 2.13. The summed E-state index contributed by atoms with van der Waals surface area (Å²) in [7, 11) is 0. The molecule has 0 aliphatic heterocycles. The lowest BCUT2D eigenvalue weighted by Gasteiger charge is -2.15. The van der Waals surface area contributed by atoms with Gasteiger partial charge in [-0.25, -0.2) is 0 Å². The van der Waals surface area contributed by atoms with Crippen molar-refractivity contribution in [2.24, 2.45) is 0 Å². The number of hydrogen-bond donors (Lipinski definition) is 0. The molecule has 0 unspecified atom stereocenters. The van der Waals surface area contributed by atoms with Crippen molar-refractivity contribution in [1.82, 2.24) is 0 Å². The van der Waals surface area contributed by atoms with Gasteiger partial charge < -0.3 is 0 Å². The summed E-state index contributed by atoms with van der Waals surface area (Å²) in [6, 6.07) is 10.8. The van der Waals surface area contributed by atoms with Crippen molar-refractivity contribution < 1.29 is 0 Å². The average molecular weight is 173 g/mol. The molecule has 1 aromatic rings. The van der Waals surface area contributed by atoms with E-state index in [-0.39, 0.29) is 20.4 Å². The van der Waals surface area contributed by atoms with Gasteiger partial charge in [0.2, 0.25) is 0 Å². The van der Waals surface area contributed by atoms with Crippen LogP contribution < -0.4 is 0 Å². The monoisotopic (exact) mass is 172 g/mol. The van der Waals surface area contributed by atoms with Crippen LogP contribution >= 0.6 is 0 Å². The molecule has 0 amide bonds. The molecule has 0 N–H and O–H groups in total. The molecule has 62 valence electrons. The van der Waals surface area contributed by atoms with E-state index in [2.05, 4.69) is 51.1 Å². The standard InChI is InChI=1S/C7H7.C4H9.Mg/c1-7-5-3-2-4-6-7;1-4(2)3;/h2-6H,1H2;1-3H3;. The lowest BCUT2D eigenvalue weighted by molar-refractivity contribution is 0.749. The molecule has 0 saturated heterocycles. The van der Waals surface area contributed by atoms with E-state index in [1.165, 1.54) is 10.1 Å². The van der Waals surface area contributed by atoms with Crippen LogP contribution in [0.1, 0.15) is 26.3 Å². The Hall–Kier alpha value is -0.0138. The smallest absolute Gasteiger partial charge is 0.132 e. The molecule has 0 aliphatic rings. The molecule has 0 atom stereocenters. The number of hydrogen-bond acceptors (Lipinski definition) is 0. The van der Waals surface area contributed by atoms with E-state index in [0.717, 1.165) is 0 Å². The van der Waals surface area contributed by atoms with Crippen molar-refractivity contribution in [3.05, 3.63) is 35.9 Å². The molecule has 1 aromatic carbocycles. The predicted molar refractivity (Wildman–Crippen MR) is 55.6 cm³/mol. The summed E-state index contributed by atoms with van der Waals surface area (Å²) in [5.74, 6) is 0. The van der Waals surface area contributed by atoms with E-state index in [4.69, 9.17) is 0 Å². The molecule has 0 aromatic heterocycles. The molecule has 12 heavy (non-hydrogen) atoms. The quantitative estimate of drug-likeness (QED) is 0.602. The molecular formula is C11H16Mg. The van der Waals surface area contributed by atoms with E-state index in [0.29, 0.717) is 3.54 Å². The number of benzene rings is 1. The highest BCUT2D eigenvalue weighted by Crippen LogP contribution is 2.21. The Bertz CT molecular complexity index is 221. The second-order valence-corrected chi connectivity index (χ2v) is 7.67. The third-order valence-electron chi connectivity index (χ3n) is 2.01. The highest BCUT2D eigenvalue weighted by atomic mass is 24.5. The van der Waals surface area contributed by atoms with Crippen LogP contribution in [0.15, 0.2) is 30.3 Å². The fourth-order valence-corrected chi connectivity index (χ4v) is 2.54. The Kier molecular flexibility index (Phi) is 3.60. The summed E-state index contributed by atoms with van der Waals surface area (Å²) in [6.45, 7) is 7.05. The summed E-state index contributed by atoms with van der Waals surface area (Å²) in [5, 5.41) is 0. The van der Waals surface area contributed by atoms with Gasteiger partial charge in [-0.2, -0.15) is 0 Å². The first-order chi connectivity index (χ1) is 5.58. The summed E-state index contributed by atoms with van der Waals surface area (Å²) < 4.78 is 1.93. The maximum atomic E-state index is 2.35. The largest absolute Gasteiger partial charge is 0.379 e. The maximum Gasteiger partial charge on any atom is 0.379 e. The summed E-state index contributed by atoms with van der Waals surface area (Å²) in [5.41, 5.74) is 1.51. The first-order valence-corrected chi connectivity index (χ1v) is 6.32. The minimum atomic E-state index is 0.0514. The number of rotatable bonds is 2. The van der Waals surface area contributed by atoms with Crippen LogP contribution in [0.25, 0.3) is 0 Å². The lowest BCUT2D eigenvalue weighted by Crippen LogP contribution is -2.11. The molecule has 0 spiro atoms. The van der Waals surface area contributed by atoms with Crippen molar-refractivity contribution in [3.63, 3.8) is 0 Å². The second kappa shape index (κ2) is 4.29. The highest BCUT2D eigenvalue weighted by molar-refractivity contribution is 6.39. The second-order valence-electron chi connectivity index (χ2n) is 4.55. The van der Waals surface area contributed by atoms with E-state index in [9.17, 15) is 0 Å². The van der Waals surface area contributed by atoms with Gasteiger partial charge in [0.1, 0.15) is 0 Å². The van der Waals surface area contributed by atoms with Gasteiger partial charge in [0.15, 0.2) is 0 Å². The van der Waals surface area contributed by atoms with E-state index in [1.54, 1.807) is 0 Å². The van der Waals surface area contributed by atoms with Crippen molar-refractivity contribution in [1.29, 1.82) is 0 Å². The van der Waals surface area contributed by atoms with Crippen LogP contribution in [0.2, 0.25) is 3.54 Å². The molecule has 0 fully saturated rings. The zero-order valence-corrected chi connectivity index (χ0v) is 9.72. The Morgan fingerprint density at radius 1 is 1.08 bits per heavy atom. The SMILES string of the molecule is C[C](C)(C)[Mg][CH2]c1ccccc1. The van der Waals surface area contributed by atoms with Crippen molar-refractivity contribution >= 4 is 20.4 Å². The van der Waals surface area contributed by atoms with E-state index in [1.807, 2.05) is 0 Å². The molecule has 1 rings (SSSR count). The van der Waals surface area contributed by atoms with Crippen LogP contribution in [0, 0.1) is 0 Å². The lowest BCUT2D eigenvalue weighted by atomic mass is 10.2. The molecule has 0 saturated carbocycles. The van der Waals surface area contributed by atoms with Crippen LogP contribution in [-0.2, 0) is 4.55 Å². The van der Waals surface area contributed by atoms with Crippen molar-refractivity contribution in [2.75, 3.05) is 0 Å². The Balaban J connectivity index is 2.44. The van der Waals surface area contributed by atoms with E-state index < -0.39 is 0 Å². The molecule has 0 bridgehead atoms. The Morgan fingerprint density at radius 3 is 2.17 bits per heavy atom. The van der Waals surface area contributed by atoms with Gasteiger partial charge in [-0.3, -0.25) is 0 Å². The summed E-state index contributed by atoms with van der Waals surface area (Å²) >= 11 is 0.0514. The normalized spacial score (nSPS) is 10.9. The maximum absolute atomic E-state index is 2.35. The van der Waals surface area contributed by atoms with E-state index >= 15 is 0 Å². The van der Waals surface area contributed by atoms with Gasteiger partial charge in [-0.15, -0.1) is 8.09 Å². The molecule has 0 aliphatic carbocycles. The molecule has 0 nitrogen and oxygen atoms in total. The van der Waals surface area contributed by atoms with Gasteiger partial charge in [-0.05, 0) is 0 Å². The minimum absolute atomic E-state index is 0.0514. The topological polar surface area (TPSA) is 0 Å². The molecule has 1 heteroatoms. The fraction of sp³-hybridized carbons (Fsp3) is 0.455. The molecule has 0 heterocycles. The minimum Gasteiger partial charge on any atom is -0.132 e. The van der Waals surface area contributed by atoms with Gasteiger partial charge in [0.05, 0.1) is 0 Å². The molecule has 0 radical (unpaired) electrons. The summed E-state index contributed by atoms with van der Waals surface area (Å²) in [6.07, 6.45) is 0. The van der Waals surface area contributed by atoms with Gasteiger partial charge in [0, 0.05) is 0 Å². The van der Waals surface area contributed by atoms with Crippen LogP contribution in [-0.4, -0.2) is 20.4 Å². The average Bonchev–Trinajstić information content (AvgIpc) is 2.02. The van der Waals surface area contributed by atoms with Crippen LogP contribution in [0.5, 0.6) is 0 Å². The first-order valence-electron chi connectivity index (χ1n) is 4.62. The first kappa shape index (κ1) is 10.1. The summed E-state index contributed by atoms with van der Waals surface area (Å²) in [4.78, 5) is 0.